The molecule has 1 heterocycles. The average molecular weight is 138 g/mol. The molecule has 1 aliphatic carbocycles. The summed E-state index contributed by atoms with van der Waals surface area (Å²) in [6.07, 6.45) is 4.15. The SMILES string of the molecule is CC1=CC[C@H]2C[C@@H]1C(=O)O2. The van der Waals surface area contributed by atoms with Crippen molar-refractivity contribution in [1.82, 2.24) is 0 Å². The highest BCUT2D eigenvalue weighted by atomic mass is 16.6. The summed E-state index contributed by atoms with van der Waals surface area (Å²) in [6.45, 7) is 2.01. The minimum absolute atomic E-state index is 0.0174. The Kier molecular flexibility index (Phi) is 1.10. The van der Waals surface area contributed by atoms with Gasteiger partial charge in [0, 0.05) is 12.8 Å². The van der Waals surface area contributed by atoms with Gasteiger partial charge in [0.15, 0.2) is 0 Å². The molecule has 0 unspecified atom stereocenters. The summed E-state index contributed by atoms with van der Waals surface area (Å²) in [7, 11) is 0. The van der Waals surface area contributed by atoms with Gasteiger partial charge >= 0.3 is 5.97 Å². The van der Waals surface area contributed by atoms with Crippen LogP contribution in [0.1, 0.15) is 19.8 Å². The average Bonchev–Trinajstić information content (AvgIpc) is 2.21. The van der Waals surface area contributed by atoms with Crippen LogP contribution in [-0.2, 0) is 9.53 Å². The van der Waals surface area contributed by atoms with Gasteiger partial charge in [-0.25, -0.2) is 0 Å². The van der Waals surface area contributed by atoms with Crippen LogP contribution in [0.5, 0.6) is 0 Å². The summed E-state index contributed by atoms with van der Waals surface area (Å²) < 4.78 is 5.06. The molecule has 0 aromatic rings. The van der Waals surface area contributed by atoms with Gasteiger partial charge < -0.3 is 4.74 Å². The first-order chi connectivity index (χ1) is 4.77. The molecule has 2 nitrogen and oxygen atoms in total. The van der Waals surface area contributed by atoms with Crippen LogP contribution in [-0.4, -0.2) is 12.1 Å². The summed E-state index contributed by atoms with van der Waals surface area (Å²) in [5.41, 5.74) is 1.19. The number of carbonyl (C=O) groups excluding carboxylic acids is 1. The van der Waals surface area contributed by atoms with E-state index in [0.717, 1.165) is 12.8 Å². The fourth-order valence-electron chi connectivity index (χ4n) is 1.63. The van der Waals surface area contributed by atoms with Crippen molar-refractivity contribution in [2.75, 3.05) is 0 Å². The van der Waals surface area contributed by atoms with Gasteiger partial charge in [-0.2, -0.15) is 0 Å². The highest BCUT2D eigenvalue weighted by molar-refractivity contribution is 5.78. The lowest BCUT2D eigenvalue weighted by Crippen LogP contribution is -2.10. The summed E-state index contributed by atoms with van der Waals surface area (Å²) in [6, 6.07) is 0. The molecule has 0 spiro atoms. The molecule has 0 saturated carbocycles. The molecule has 1 saturated heterocycles. The van der Waals surface area contributed by atoms with E-state index < -0.39 is 0 Å². The number of hydrogen-bond donors (Lipinski definition) is 0. The molecule has 0 amide bonds. The summed E-state index contributed by atoms with van der Waals surface area (Å²) >= 11 is 0. The Morgan fingerprint density at radius 2 is 2.50 bits per heavy atom. The van der Waals surface area contributed by atoms with Gasteiger partial charge in [-0.05, 0) is 6.92 Å². The quantitative estimate of drug-likeness (QED) is 0.372. The fraction of sp³-hybridized carbons (Fsp3) is 0.625. The second-order valence-corrected chi connectivity index (χ2v) is 3.03. The van der Waals surface area contributed by atoms with E-state index in [1.807, 2.05) is 6.92 Å². The van der Waals surface area contributed by atoms with E-state index in [4.69, 9.17) is 4.74 Å². The molecule has 2 atom stereocenters. The van der Waals surface area contributed by atoms with Crippen LogP contribution in [0.25, 0.3) is 0 Å². The summed E-state index contributed by atoms with van der Waals surface area (Å²) in [4.78, 5) is 11.0. The third kappa shape index (κ3) is 0.681. The van der Waals surface area contributed by atoms with Crippen molar-refractivity contribution in [2.24, 2.45) is 5.92 Å². The molecule has 0 N–H and O–H groups in total. The lowest BCUT2D eigenvalue weighted by atomic mass is 9.90. The van der Waals surface area contributed by atoms with E-state index in [1.54, 1.807) is 0 Å². The predicted molar refractivity (Wildman–Crippen MR) is 36.4 cm³/mol. The van der Waals surface area contributed by atoms with E-state index >= 15 is 0 Å². The molecule has 1 fully saturated rings. The molecule has 2 heteroatoms. The Balaban J connectivity index is 2.31. The van der Waals surface area contributed by atoms with Gasteiger partial charge in [-0.15, -0.1) is 0 Å². The molecule has 1 aliphatic heterocycles. The van der Waals surface area contributed by atoms with Gasteiger partial charge in [0.05, 0.1) is 5.92 Å². The monoisotopic (exact) mass is 138 g/mol. The van der Waals surface area contributed by atoms with E-state index in [2.05, 4.69) is 6.08 Å². The first-order valence-corrected chi connectivity index (χ1v) is 3.64. The van der Waals surface area contributed by atoms with Crippen LogP contribution in [0.4, 0.5) is 0 Å². The molecule has 0 aromatic heterocycles. The highest BCUT2D eigenvalue weighted by Gasteiger charge is 2.37. The van der Waals surface area contributed by atoms with E-state index in [0.29, 0.717) is 0 Å². The number of carbonyl (C=O) groups is 1. The maximum atomic E-state index is 11.0. The highest BCUT2D eigenvalue weighted by Crippen LogP contribution is 2.33. The van der Waals surface area contributed by atoms with Crippen LogP contribution >= 0.6 is 0 Å². The van der Waals surface area contributed by atoms with Gasteiger partial charge in [-0.1, -0.05) is 11.6 Å². The van der Waals surface area contributed by atoms with Crippen molar-refractivity contribution in [2.45, 2.75) is 25.9 Å². The molecule has 10 heavy (non-hydrogen) atoms. The van der Waals surface area contributed by atoms with Crippen LogP contribution in [0.15, 0.2) is 11.6 Å². The number of rotatable bonds is 0. The van der Waals surface area contributed by atoms with E-state index in [9.17, 15) is 4.79 Å². The Bertz CT molecular complexity index is 205. The summed E-state index contributed by atoms with van der Waals surface area (Å²) in [5, 5.41) is 0. The maximum absolute atomic E-state index is 11.0. The Hall–Kier alpha value is -0.790. The predicted octanol–water partition coefficient (Wildman–Crippen LogP) is 1.27. The van der Waals surface area contributed by atoms with Crippen molar-refractivity contribution in [3.63, 3.8) is 0 Å². The molecule has 2 bridgehead atoms. The Labute approximate surface area is 59.9 Å². The number of fused-ring (bicyclic) bond motifs is 2. The van der Waals surface area contributed by atoms with Crippen LogP contribution in [0.2, 0.25) is 0 Å². The number of esters is 1. The molecular formula is C8H10O2. The van der Waals surface area contributed by atoms with Gasteiger partial charge in [0.25, 0.3) is 0 Å². The first-order valence-electron chi connectivity index (χ1n) is 3.64. The summed E-state index contributed by atoms with van der Waals surface area (Å²) in [5.74, 6) is 0.0787. The number of ether oxygens (including phenoxy) is 1. The van der Waals surface area contributed by atoms with Crippen molar-refractivity contribution in [3.8, 4) is 0 Å². The lowest BCUT2D eigenvalue weighted by molar-refractivity contribution is -0.142. The minimum atomic E-state index is -0.0174. The second-order valence-electron chi connectivity index (χ2n) is 3.03. The van der Waals surface area contributed by atoms with Crippen molar-refractivity contribution < 1.29 is 9.53 Å². The van der Waals surface area contributed by atoms with Gasteiger partial charge in [0.2, 0.25) is 0 Å². The normalized spacial score (nSPS) is 37.3. The minimum Gasteiger partial charge on any atom is -0.462 e. The zero-order chi connectivity index (χ0) is 7.14. The molecule has 2 aliphatic rings. The van der Waals surface area contributed by atoms with Crippen LogP contribution in [0, 0.1) is 5.92 Å². The molecule has 2 rings (SSSR count). The van der Waals surface area contributed by atoms with Crippen molar-refractivity contribution in [1.29, 1.82) is 0 Å². The first kappa shape index (κ1) is 5.96. The molecule has 54 valence electrons. The Morgan fingerprint density at radius 1 is 1.70 bits per heavy atom. The lowest BCUT2D eigenvalue weighted by Gasteiger charge is -2.11. The van der Waals surface area contributed by atoms with Gasteiger partial charge in [0.1, 0.15) is 6.10 Å². The third-order valence-corrected chi connectivity index (χ3v) is 2.32. The third-order valence-electron chi connectivity index (χ3n) is 2.32. The van der Waals surface area contributed by atoms with Crippen LogP contribution < -0.4 is 0 Å². The standard InChI is InChI=1S/C8H10O2/c1-5-2-3-6-4-7(5)8(9)10-6/h2,6-7H,3-4H2,1H3/t6-,7-/m0/s1. The molecule has 0 radical (unpaired) electrons. The van der Waals surface area contributed by atoms with Gasteiger partial charge in [-0.3, -0.25) is 4.79 Å². The molecule has 0 aromatic carbocycles. The van der Waals surface area contributed by atoms with E-state index in [-0.39, 0.29) is 18.0 Å². The Morgan fingerprint density at radius 3 is 3.20 bits per heavy atom. The zero-order valence-corrected chi connectivity index (χ0v) is 5.96. The van der Waals surface area contributed by atoms with Crippen molar-refractivity contribution in [3.05, 3.63) is 11.6 Å². The second kappa shape index (κ2) is 1.84. The van der Waals surface area contributed by atoms with Crippen molar-refractivity contribution >= 4 is 5.97 Å². The fourth-order valence-corrected chi connectivity index (χ4v) is 1.63. The molecular weight excluding hydrogens is 128 g/mol. The number of hydrogen-bond acceptors (Lipinski definition) is 2. The zero-order valence-electron chi connectivity index (χ0n) is 5.96. The largest absolute Gasteiger partial charge is 0.462 e. The van der Waals surface area contributed by atoms with Crippen LogP contribution in [0.3, 0.4) is 0 Å². The smallest absolute Gasteiger partial charge is 0.313 e. The maximum Gasteiger partial charge on any atom is 0.313 e. The topological polar surface area (TPSA) is 26.3 Å². The van der Waals surface area contributed by atoms with E-state index in [1.165, 1.54) is 5.57 Å².